The van der Waals surface area contributed by atoms with Gasteiger partial charge in [-0.25, -0.2) is 9.59 Å². The van der Waals surface area contributed by atoms with Gasteiger partial charge in [0.05, 0.1) is 38.6 Å². The van der Waals surface area contributed by atoms with E-state index in [0.717, 1.165) is 0 Å². The minimum Gasteiger partial charge on any atom is -0.497 e. The molecule has 2 aromatic heterocycles. The Morgan fingerprint density at radius 1 is 0.643 bits per heavy atom. The summed E-state index contributed by atoms with van der Waals surface area (Å²) in [6.07, 6.45) is 0. The highest BCUT2D eigenvalue weighted by atomic mass is 16.5. The number of methoxy groups -OCH3 is 2. The minimum absolute atomic E-state index is 0.00364. The predicted octanol–water partition coefficient (Wildman–Crippen LogP) is 3.58. The lowest BCUT2D eigenvalue weighted by Gasteiger charge is -2.18. The van der Waals surface area contributed by atoms with Gasteiger partial charge in [-0.05, 0) is 62.4 Å². The number of ether oxygens (including phenoxy) is 4. The van der Waals surface area contributed by atoms with Crippen LogP contribution in [-0.4, -0.2) is 60.1 Å². The maximum atomic E-state index is 14.4. The molecule has 12 heteroatoms. The van der Waals surface area contributed by atoms with Crippen LogP contribution < -0.4 is 20.9 Å². The summed E-state index contributed by atoms with van der Waals surface area (Å²) in [4.78, 5) is 55.3. The van der Waals surface area contributed by atoms with Crippen LogP contribution in [0.25, 0.3) is 11.4 Å². The lowest BCUT2D eigenvalue weighted by Crippen LogP contribution is -2.26. The zero-order valence-corrected chi connectivity index (χ0v) is 23.3. The Morgan fingerprint density at radius 2 is 0.976 bits per heavy atom. The van der Waals surface area contributed by atoms with Gasteiger partial charge in [0.25, 0.3) is 0 Å². The number of rotatable bonds is 8. The number of ketones is 2. The number of benzene rings is 2. The first-order valence-corrected chi connectivity index (χ1v) is 13.0. The molecule has 4 aromatic rings. The van der Waals surface area contributed by atoms with E-state index < -0.39 is 23.5 Å². The zero-order valence-electron chi connectivity index (χ0n) is 23.3. The number of carbonyl (C=O) groups is 4. The van der Waals surface area contributed by atoms with Gasteiger partial charge in [-0.3, -0.25) is 18.7 Å². The largest absolute Gasteiger partial charge is 0.497 e. The maximum absolute atomic E-state index is 14.4. The number of hydrogen-bond donors (Lipinski definition) is 2. The summed E-state index contributed by atoms with van der Waals surface area (Å²) in [5.74, 6) is -2.58. The van der Waals surface area contributed by atoms with Crippen molar-refractivity contribution in [1.82, 2.24) is 9.13 Å². The van der Waals surface area contributed by atoms with Crippen LogP contribution in [0.4, 0.5) is 11.6 Å². The number of fused-ring (bicyclic) bond motifs is 2. The van der Waals surface area contributed by atoms with E-state index in [9.17, 15) is 19.2 Å². The molecule has 1 aliphatic rings. The topological polar surface area (TPSA) is 167 Å². The molecule has 42 heavy (non-hydrogen) atoms. The molecule has 0 atom stereocenters. The third-order valence-corrected chi connectivity index (χ3v) is 6.92. The summed E-state index contributed by atoms with van der Waals surface area (Å²) < 4.78 is 23.5. The summed E-state index contributed by atoms with van der Waals surface area (Å²) in [7, 11) is 3.00. The molecular formula is C30H28N4O8. The number of anilines is 2. The summed E-state index contributed by atoms with van der Waals surface area (Å²) >= 11 is 0. The molecule has 0 bridgehead atoms. The SMILES string of the molecule is CCOC(=O)c1c2c(n(-c3ccc(OC)cc3)c1N)C(=O)c1c(C(=O)OCC)c(N)n(-c3ccc(OC)cc3)c1C2=O. The van der Waals surface area contributed by atoms with Crippen molar-refractivity contribution >= 4 is 35.1 Å². The number of esters is 2. The van der Waals surface area contributed by atoms with Crippen molar-refractivity contribution in [3.05, 3.63) is 82.2 Å². The second-order valence-electron chi connectivity index (χ2n) is 9.13. The van der Waals surface area contributed by atoms with E-state index in [2.05, 4.69) is 0 Å². The minimum atomic E-state index is -0.885. The van der Waals surface area contributed by atoms with Crippen LogP contribution in [0.1, 0.15) is 66.7 Å². The van der Waals surface area contributed by atoms with Gasteiger partial charge >= 0.3 is 11.9 Å². The Morgan fingerprint density at radius 3 is 1.26 bits per heavy atom. The zero-order chi connectivity index (χ0) is 30.3. The molecular weight excluding hydrogens is 544 g/mol. The second-order valence-corrected chi connectivity index (χ2v) is 9.13. The fourth-order valence-corrected chi connectivity index (χ4v) is 5.11. The number of carbonyl (C=O) groups excluding carboxylic acids is 4. The Bertz CT molecular complexity index is 1620. The summed E-state index contributed by atoms with van der Waals surface area (Å²) in [6, 6.07) is 13.0. The lowest BCUT2D eigenvalue weighted by atomic mass is 9.88. The average Bonchev–Trinajstić information content (AvgIpc) is 3.48. The molecule has 0 amide bonds. The molecule has 2 aromatic carbocycles. The Hall–Kier alpha value is -5.52. The number of nitrogens with zero attached hydrogens (tertiary/aromatic N) is 2. The molecule has 0 saturated heterocycles. The van der Waals surface area contributed by atoms with Gasteiger partial charge in [0.2, 0.25) is 11.6 Å². The Kier molecular flexibility index (Phi) is 7.21. The van der Waals surface area contributed by atoms with E-state index >= 15 is 0 Å². The quantitative estimate of drug-likeness (QED) is 0.262. The third kappa shape index (κ3) is 4.15. The highest BCUT2D eigenvalue weighted by Gasteiger charge is 2.46. The molecule has 0 aliphatic heterocycles. The van der Waals surface area contributed by atoms with Crippen molar-refractivity contribution in [3.63, 3.8) is 0 Å². The van der Waals surface area contributed by atoms with Gasteiger partial charge in [0, 0.05) is 11.4 Å². The Balaban J connectivity index is 1.86. The highest BCUT2D eigenvalue weighted by molar-refractivity contribution is 6.34. The summed E-state index contributed by atoms with van der Waals surface area (Å²) in [5.41, 5.74) is 12.2. The smallest absolute Gasteiger partial charge is 0.342 e. The van der Waals surface area contributed by atoms with E-state index in [1.54, 1.807) is 62.4 Å². The van der Waals surface area contributed by atoms with Crippen molar-refractivity contribution < 1.29 is 38.1 Å². The third-order valence-electron chi connectivity index (χ3n) is 6.92. The van der Waals surface area contributed by atoms with E-state index in [-0.39, 0.29) is 58.5 Å². The number of hydrogen-bond acceptors (Lipinski definition) is 10. The van der Waals surface area contributed by atoms with Crippen molar-refractivity contribution in [2.75, 3.05) is 38.9 Å². The van der Waals surface area contributed by atoms with E-state index in [4.69, 9.17) is 30.4 Å². The molecule has 4 N–H and O–H groups in total. The number of aromatic nitrogens is 2. The van der Waals surface area contributed by atoms with Crippen molar-refractivity contribution in [2.24, 2.45) is 0 Å². The second kappa shape index (κ2) is 10.8. The summed E-state index contributed by atoms with van der Waals surface area (Å²) in [6.45, 7) is 3.20. The average molecular weight is 573 g/mol. The van der Waals surface area contributed by atoms with E-state index in [1.165, 1.54) is 23.4 Å². The normalized spacial score (nSPS) is 12.0. The molecule has 0 saturated carbocycles. The molecule has 2 heterocycles. The fraction of sp³-hybridized carbons (Fsp3) is 0.200. The molecule has 0 radical (unpaired) electrons. The van der Waals surface area contributed by atoms with E-state index in [1.807, 2.05) is 0 Å². The van der Waals surface area contributed by atoms with Gasteiger partial charge < -0.3 is 30.4 Å². The molecule has 5 rings (SSSR count). The molecule has 216 valence electrons. The first kappa shape index (κ1) is 28.0. The first-order chi connectivity index (χ1) is 20.2. The van der Waals surface area contributed by atoms with Gasteiger partial charge in [0.1, 0.15) is 45.6 Å². The van der Waals surface area contributed by atoms with Gasteiger partial charge in [0.15, 0.2) is 0 Å². The van der Waals surface area contributed by atoms with Crippen molar-refractivity contribution in [3.8, 4) is 22.9 Å². The summed E-state index contributed by atoms with van der Waals surface area (Å²) in [5, 5.41) is 0. The fourth-order valence-electron chi connectivity index (χ4n) is 5.11. The monoisotopic (exact) mass is 572 g/mol. The molecule has 0 spiro atoms. The van der Waals surface area contributed by atoms with Crippen LogP contribution >= 0.6 is 0 Å². The first-order valence-electron chi connectivity index (χ1n) is 13.0. The van der Waals surface area contributed by atoms with Crippen LogP contribution in [0.5, 0.6) is 11.5 Å². The Labute approximate surface area is 240 Å². The van der Waals surface area contributed by atoms with Crippen LogP contribution in [0.3, 0.4) is 0 Å². The van der Waals surface area contributed by atoms with Crippen LogP contribution in [0.2, 0.25) is 0 Å². The molecule has 0 unspecified atom stereocenters. The van der Waals surface area contributed by atoms with Gasteiger partial charge in [-0.15, -0.1) is 0 Å². The molecule has 0 fully saturated rings. The highest BCUT2D eigenvalue weighted by Crippen LogP contribution is 2.42. The molecule has 12 nitrogen and oxygen atoms in total. The van der Waals surface area contributed by atoms with Crippen LogP contribution in [0, 0.1) is 0 Å². The lowest BCUT2D eigenvalue weighted by molar-refractivity contribution is 0.0515. The van der Waals surface area contributed by atoms with Crippen molar-refractivity contribution in [1.29, 1.82) is 0 Å². The van der Waals surface area contributed by atoms with E-state index in [0.29, 0.717) is 22.9 Å². The van der Waals surface area contributed by atoms with Crippen molar-refractivity contribution in [2.45, 2.75) is 13.8 Å². The van der Waals surface area contributed by atoms with Gasteiger partial charge in [-0.2, -0.15) is 0 Å². The van der Waals surface area contributed by atoms with Crippen LogP contribution in [0.15, 0.2) is 48.5 Å². The maximum Gasteiger partial charge on any atom is 0.342 e. The molecule has 1 aliphatic carbocycles. The number of nitrogens with two attached hydrogens (primary N) is 2. The number of nitrogen functional groups attached to an aromatic ring is 2. The predicted molar refractivity (Wildman–Crippen MR) is 152 cm³/mol. The van der Waals surface area contributed by atoms with Crippen LogP contribution in [-0.2, 0) is 9.47 Å². The van der Waals surface area contributed by atoms with Gasteiger partial charge in [-0.1, -0.05) is 0 Å². The standard InChI is InChI=1S/C30H28N4O8/c1-5-41-29(37)21-19-23(33(27(21)31)15-7-11-17(39-3)12-8-15)26(36)20-22(30(38)42-6-2)28(32)34(24(20)25(19)35)16-9-13-18(40-4)14-10-16/h7-14H,5-6,31-32H2,1-4H3.